The molecule has 1 aromatic carbocycles. The van der Waals surface area contributed by atoms with Gasteiger partial charge < -0.3 is 10.5 Å². The van der Waals surface area contributed by atoms with E-state index in [4.69, 9.17) is 10.5 Å². The lowest BCUT2D eigenvalue weighted by atomic mass is 10.0. The lowest BCUT2D eigenvalue weighted by molar-refractivity contribution is -0.138. The molecular weight excluding hydrogens is 283 g/mol. The Balaban J connectivity index is 2.32. The first kappa shape index (κ1) is 15.4. The Kier molecular flexibility index (Phi) is 4.22. The Morgan fingerprint density at radius 3 is 2.57 bits per heavy atom. The smallest absolute Gasteiger partial charge is 0.416 e. The zero-order valence-corrected chi connectivity index (χ0v) is 11.7. The van der Waals surface area contributed by atoms with Crippen molar-refractivity contribution < 1.29 is 17.9 Å². The van der Waals surface area contributed by atoms with Crippen molar-refractivity contribution in [2.75, 3.05) is 0 Å². The summed E-state index contributed by atoms with van der Waals surface area (Å²) >= 11 is 0. The van der Waals surface area contributed by atoms with E-state index in [1.54, 1.807) is 20.2 Å². The number of halogens is 3. The normalized spacial score (nSPS) is 13.2. The van der Waals surface area contributed by atoms with E-state index in [1.807, 2.05) is 0 Å². The summed E-state index contributed by atoms with van der Waals surface area (Å²) in [7, 11) is 1.69. The third-order valence-corrected chi connectivity index (χ3v) is 2.85. The summed E-state index contributed by atoms with van der Waals surface area (Å²) in [6, 6.07) is 3.54. The topological polar surface area (TPSA) is 53.1 Å². The van der Waals surface area contributed by atoms with Gasteiger partial charge in [-0.15, -0.1) is 0 Å². The molecule has 0 saturated carbocycles. The second-order valence-electron chi connectivity index (χ2n) is 4.95. The third kappa shape index (κ3) is 3.98. The molecule has 0 amide bonds. The number of aryl methyl sites for hydroxylation is 1. The number of ether oxygens (including phenoxy) is 1. The molecule has 0 saturated heterocycles. The van der Waals surface area contributed by atoms with Crippen molar-refractivity contribution in [3.05, 3.63) is 41.7 Å². The van der Waals surface area contributed by atoms with E-state index in [1.165, 1.54) is 23.0 Å². The van der Waals surface area contributed by atoms with Crippen molar-refractivity contribution in [3.8, 4) is 11.5 Å². The number of benzene rings is 1. The van der Waals surface area contributed by atoms with Gasteiger partial charge in [0.25, 0.3) is 0 Å². The minimum atomic E-state index is -4.45. The van der Waals surface area contributed by atoms with Crippen LogP contribution < -0.4 is 10.5 Å². The lowest BCUT2D eigenvalue weighted by Gasteiger charge is -2.16. The van der Waals surface area contributed by atoms with Crippen LogP contribution in [0.25, 0.3) is 0 Å². The highest BCUT2D eigenvalue weighted by molar-refractivity contribution is 5.39. The molecule has 114 valence electrons. The molecule has 0 aliphatic heterocycles. The maximum atomic E-state index is 13.1. The molecule has 0 aliphatic carbocycles. The number of rotatable bonds is 4. The van der Waals surface area contributed by atoms with Crippen LogP contribution in [0.3, 0.4) is 0 Å². The molecule has 7 heteroatoms. The summed E-state index contributed by atoms with van der Waals surface area (Å²) in [5.41, 5.74) is 5.03. The van der Waals surface area contributed by atoms with Crippen molar-refractivity contribution >= 4 is 0 Å². The number of hydrogen-bond donors (Lipinski definition) is 1. The van der Waals surface area contributed by atoms with Crippen LogP contribution >= 0.6 is 0 Å². The molecule has 1 heterocycles. The molecule has 2 rings (SSSR count). The SMILES string of the molecule is CC(N)Cc1ccc(Oc2cnn(C)c2)cc1C(F)(F)F. The van der Waals surface area contributed by atoms with Crippen LogP contribution in [0.5, 0.6) is 11.5 Å². The molecule has 0 bridgehead atoms. The molecule has 0 spiro atoms. The summed E-state index contributed by atoms with van der Waals surface area (Å²) in [5, 5.41) is 3.89. The van der Waals surface area contributed by atoms with Crippen LogP contribution in [-0.2, 0) is 19.6 Å². The minimum Gasteiger partial charge on any atom is -0.454 e. The van der Waals surface area contributed by atoms with Gasteiger partial charge >= 0.3 is 6.18 Å². The quantitative estimate of drug-likeness (QED) is 0.943. The summed E-state index contributed by atoms with van der Waals surface area (Å²) in [4.78, 5) is 0. The fraction of sp³-hybridized carbons (Fsp3) is 0.357. The molecule has 2 aromatic rings. The van der Waals surface area contributed by atoms with Gasteiger partial charge in [-0.05, 0) is 31.0 Å². The van der Waals surface area contributed by atoms with Gasteiger partial charge in [0.05, 0.1) is 18.0 Å². The largest absolute Gasteiger partial charge is 0.454 e. The van der Waals surface area contributed by atoms with Crippen LogP contribution in [0, 0.1) is 0 Å². The van der Waals surface area contributed by atoms with Gasteiger partial charge in [0.15, 0.2) is 5.75 Å². The molecule has 0 fully saturated rings. The van der Waals surface area contributed by atoms with Gasteiger partial charge in [-0.3, -0.25) is 4.68 Å². The van der Waals surface area contributed by atoms with Crippen LogP contribution in [0.2, 0.25) is 0 Å². The Labute approximate surface area is 120 Å². The van der Waals surface area contributed by atoms with Gasteiger partial charge in [0.2, 0.25) is 0 Å². The Morgan fingerprint density at radius 2 is 2.05 bits per heavy atom. The van der Waals surface area contributed by atoms with Crippen molar-refractivity contribution in [2.45, 2.75) is 25.6 Å². The van der Waals surface area contributed by atoms with Gasteiger partial charge in [-0.2, -0.15) is 18.3 Å². The highest BCUT2D eigenvalue weighted by Crippen LogP contribution is 2.35. The van der Waals surface area contributed by atoms with E-state index in [2.05, 4.69) is 5.10 Å². The fourth-order valence-corrected chi connectivity index (χ4v) is 2.00. The second kappa shape index (κ2) is 5.77. The van der Waals surface area contributed by atoms with Gasteiger partial charge in [0.1, 0.15) is 5.75 Å². The molecule has 2 N–H and O–H groups in total. The Bertz CT molecular complexity index is 620. The number of aromatic nitrogens is 2. The van der Waals surface area contributed by atoms with Crippen LogP contribution in [0.1, 0.15) is 18.1 Å². The zero-order valence-electron chi connectivity index (χ0n) is 11.7. The Morgan fingerprint density at radius 1 is 1.33 bits per heavy atom. The molecule has 4 nitrogen and oxygen atoms in total. The zero-order chi connectivity index (χ0) is 15.6. The number of hydrogen-bond acceptors (Lipinski definition) is 3. The van der Waals surface area contributed by atoms with E-state index in [0.717, 1.165) is 6.07 Å². The molecule has 1 unspecified atom stereocenters. The van der Waals surface area contributed by atoms with Crippen molar-refractivity contribution in [1.82, 2.24) is 9.78 Å². The Hall–Kier alpha value is -2.02. The van der Waals surface area contributed by atoms with Gasteiger partial charge in [0, 0.05) is 13.1 Å². The van der Waals surface area contributed by atoms with Crippen LogP contribution in [0.15, 0.2) is 30.6 Å². The molecule has 0 aliphatic rings. The number of nitrogens with zero attached hydrogens (tertiary/aromatic N) is 2. The highest BCUT2D eigenvalue weighted by Gasteiger charge is 2.34. The van der Waals surface area contributed by atoms with Gasteiger partial charge in [-0.1, -0.05) is 6.07 Å². The third-order valence-electron chi connectivity index (χ3n) is 2.85. The summed E-state index contributed by atoms with van der Waals surface area (Å²) in [6.45, 7) is 1.67. The van der Waals surface area contributed by atoms with Crippen molar-refractivity contribution in [2.24, 2.45) is 12.8 Å². The van der Waals surface area contributed by atoms with Crippen molar-refractivity contribution in [1.29, 1.82) is 0 Å². The van der Waals surface area contributed by atoms with Crippen LogP contribution in [-0.4, -0.2) is 15.8 Å². The number of nitrogens with two attached hydrogens (primary N) is 1. The van der Waals surface area contributed by atoms with E-state index in [0.29, 0.717) is 5.75 Å². The molecule has 0 radical (unpaired) electrons. The first-order chi connectivity index (χ1) is 9.75. The molecular formula is C14H16F3N3O. The predicted octanol–water partition coefficient (Wildman–Crippen LogP) is 3.12. The standard InChI is InChI=1S/C14H16F3N3O/c1-9(18)5-10-3-4-11(6-13(10)14(15,16)17)21-12-7-19-20(2)8-12/h3-4,6-9H,5,18H2,1-2H3. The van der Waals surface area contributed by atoms with E-state index < -0.39 is 11.7 Å². The first-order valence-electron chi connectivity index (χ1n) is 6.38. The minimum absolute atomic E-state index is 0.115. The number of alkyl halides is 3. The van der Waals surface area contributed by atoms with E-state index in [9.17, 15) is 13.2 Å². The molecule has 1 atom stereocenters. The maximum absolute atomic E-state index is 13.1. The van der Waals surface area contributed by atoms with E-state index in [-0.39, 0.29) is 23.8 Å². The second-order valence-corrected chi connectivity index (χ2v) is 4.95. The average Bonchev–Trinajstić information content (AvgIpc) is 2.75. The van der Waals surface area contributed by atoms with E-state index >= 15 is 0 Å². The molecule has 21 heavy (non-hydrogen) atoms. The molecule has 1 aromatic heterocycles. The van der Waals surface area contributed by atoms with Crippen molar-refractivity contribution in [3.63, 3.8) is 0 Å². The maximum Gasteiger partial charge on any atom is 0.416 e. The monoisotopic (exact) mass is 299 g/mol. The summed E-state index contributed by atoms with van der Waals surface area (Å²) in [6.07, 6.45) is -1.28. The fourth-order valence-electron chi connectivity index (χ4n) is 2.00. The first-order valence-corrected chi connectivity index (χ1v) is 6.38. The predicted molar refractivity (Wildman–Crippen MR) is 72.1 cm³/mol. The summed E-state index contributed by atoms with van der Waals surface area (Å²) < 4.78 is 46.2. The average molecular weight is 299 g/mol. The van der Waals surface area contributed by atoms with Crippen LogP contribution in [0.4, 0.5) is 13.2 Å². The van der Waals surface area contributed by atoms with Gasteiger partial charge in [-0.25, -0.2) is 0 Å². The highest BCUT2D eigenvalue weighted by atomic mass is 19.4. The summed E-state index contributed by atoms with van der Waals surface area (Å²) in [5.74, 6) is 0.495. The lowest BCUT2D eigenvalue weighted by Crippen LogP contribution is -2.20.